The molecule has 1 atom stereocenters. The van der Waals surface area contributed by atoms with Crippen molar-refractivity contribution in [3.63, 3.8) is 0 Å². The smallest absolute Gasteiger partial charge is 0.235 e. The van der Waals surface area contributed by atoms with Crippen LogP contribution in [0.3, 0.4) is 0 Å². The molecule has 0 bridgehead atoms. The van der Waals surface area contributed by atoms with E-state index in [1.165, 1.54) is 7.05 Å². The van der Waals surface area contributed by atoms with Crippen molar-refractivity contribution in [1.82, 2.24) is 9.62 Å². The highest BCUT2D eigenvalue weighted by molar-refractivity contribution is 7.88. The summed E-state index contributed by atoms with van der Waals surface area (Å²) in [7, 11) is -0.399. The molecule has 20 heavy (non-hydrogen) atoms. The molecule has 0 heterocycles. The largest absolute Gasteiger partial charge is 0.497 e. The lowest BCUT2D eigenvalue weighted by Crippen LogP contribution is -2.38. The molecular formula is C13H20N2O4S. The molecule has 0 saturated carbocycles. The van der Waals surface area contributed by atoms with Crippen molar-refractivity contribution in [1.29, 1.82) is 0 Å². The Morgan fingerprint density at radius 3 is 2.35 bits per heavy atom. The molecule has 0 saturated heterocycles. The van der Waals surface area contributed by atoms with Gasteiger partial charge < -0.3 is 10.1 Å². The molecule has 0 aromatic heterocycles. The highest BCUT2D eigenvalue weighted by Gasteiger charge is 2.16. The number of nitrogens with zero attached hydrogens (tertiary/aromatic N) is 1. The first kappa shape index (κ1) is 16.5. The molecule has 0 fully saturated rings. The molecule has 0 radical (unpaired) electrons. The van der Waals surface area contributed by atoms with Gasteiger partial charge in [0.2, 0.25) is 15.9 Å². The number of ether oxygens (including phenoxy) is 1. The molecule has 0 aliphatic heterocycles. The molecule has 112 valence electrons. The van der Waals surface area contributed by atoms with Gasteiger partial charge >= 0.3 is 0 Å². The second kappa shape index (κ2) is 6.71. The van der Waals surface area contributed by atoms with Crippen LogP contribution in [0, 0.1) is 0 Å². The van der Waals surface area contributed by atoms with Gasteiger partial charge in [0, 0.05) is 7.05 Å². The third-order valence-electron chi connectivity index (χ3n) is 2.93. The monoisotopic (exact) mass is 300 g/mol. The molecule has 1 amide bonds. The SMILES string of the molecule is COc1ccc(C(C)NC(=O)CN(C)S(C)(=O)=O)cc1. The molecule has 1 N–H and O–H groups in total. The van der Waals surface area contributed by atoms with Crippen molar-refractivity contribution in [2.45, 2.75) is 13.0 Å². The van der Waals surface area contributed by atoms with Gasteiger partial charge in [0.25, 0.3) is 0 Å². The zero-order chi connectivity index (χ0) is 15.3. The maximum absolute atomic E-state index is 11.8. The van der Waals surface area contributed by atoms with Crippen LogP contribution in [0.4, 0.5) is 0 Å². The Labute approximate surface area is 119 Å². The molecule has 0 aliphatic carbocycles. The molecule has 6 nitrogen and oxygen atoms in total. The fourth-order valence-electron chi connectivity index (χ4n) is 1.58. The van der Waals surface area contributed by atoms with Crippen LogP contribution in [-0.2, 0) is 14.8 Å². The topological polar surface area (TPSA) is 75.7 Å². The van der Waals surface area contributed by atoms with Gasteiger partial charge in [0.15, 0.2) is 0 Å². The number of carbonyl (C=O) groups is 1. The average Bonchev–Trinajstić information content (AvgIpc) is 2.37. The van der Waals surface area contributed by atoms with E-state index in [0.29, 0.717) is 0 Å². The Morgan fingerprint density at radius 1 is 1.35 bits per heavy atom. The normalized spacial score (nSPS) is 13.1. The molecule has 1 aromatic carbocycles. The fourth-order valence-corrected chi connectivity index (χ4v) is 1.93. The summed E-state index contributed by atoms with van der Waals surface area (Å²) >= 11 is 0. The Morgan fingerprint density at radius 2 is 1.90 bits per heavy atom. The number of hydrogen-bond acceptors (Lipinski definition) is 4. The maximum Gasteiger partial charge on any atom is 0.235 e. The first-order chi connectivity index (χ1) is 9.24. The Bertz CT molecular complexity index is 554. The van der Waals surface area contributed by atoms with Crippen molar-refractivity contribution in [2.75, 3.05) is 27.0 Å². The second-order valence-electron chi connectivity index (χ2n) is 4.58. The third-order valence-corrected chi connectivity index (χ3v) is 4.19. The van der Waals surface area contributed by atoms with Crippen molar-refractivity contribution < 1.29 is 17.9 Å². The van der Waals surface area contributed by atoms with Crippen molar-refractivity contribution >= 4 is 15.9 Å². The van der Waals surface area contributed by atoms with Gasteiger partial charge in [0.05, 0.1) is 26.0 Å². The molecule has 7 heteroatoms. The zero-order valence-corrected chi connectivity index (χ0v) is 12.9. The zero-order valence-electron chi connectivity index (χ0n) is 12.1. The van der Waals surface area contributed by atoms with Crippen molar-refractivity contribution in [3.05, 3.63) is 29.8 Å². The highest BCUT2D eigenvalue weighted by Crippen LogP contribution is 2.17. The van der Waals surface area contributed by atoms with Crippen LogP contribution in [0.5, 0.6) is 5.75 Å². The van der Waals surface area contributed by atoms with E-state index in [-0.39, 0.29) is 18.5 Å². The van der Waals surface area contributed by atoms with Crippen LogP contribution in [0.2, 0.25) is 0 Å². The number of methoxy groups -OCH3 is 1. The highest BCUT2D eigenvalue weighted by atomic mass is 32.2. The minimum atomic E-state index is -3.35. The van der Waals surface area contributed by atoms with Gasteiger partial charge in [-0.05, 0) is 24.6 Å². The molecular weight excluding hydrogens is 280 g/mol. The lowest BCUT2D eigenvalue weighted by atomic mass is 10.1. The summed E-state index contributed by atoms with van der Waals surface area (Å²) in [4.78, 5) is 11.8. The quantitative estimate of drug-likeness (QED) is 0.842. The number of benzene rings is 1. The van der Waals surface area contributed by atoms with Crippen LogP contribution in [-0.4, -0.2) is 45.6 Å². The molecule has 0 aliphatic rings. The Hall–Kier alpha value is -1.60. The summed E-state index contributed by atoms with van der Waals surface area (Å²) in [5, 5.41) is 2.75. The number of rotatable bonds is 6. The van der Waals surface area contributed by atoms with Gasteiger partial charge in [-0.15, -0.1) is 0 Å². The lowest BCUT2D eigenvalue weighted by Gasteiger charge is -2.18. The van der Waals surface area contributed by atoms with Crippen LogP contribution in [0.1, 0.15) is 18.5 Å². The number of nitrogens with one attached hydrogen (secondary N) is 1. The van der Waals surface area contributed by atoms with E-state index in [0.717, 1.165) is 21.9 Å². The van der Waals surface area contributed by atoms with E-state index in [1.54, 1.807) is 19.2 Å². The van der Waals surface area contributed by atoms with Gasteiger partial charge in [-0.1, -0.05) is 12.1 Å². The third kappa shape index (κ3) is 4.82. The van der Waals surface area contributed by atoms with E-state index in [4.69, 9.17) is 4.74 Å². The van der Waals surface area contributed by atoms with E-state index >= 15 is 0 Å². The van der Waals surface area contributed by atoms with Crippen molar-refractivity contribution in [3.8, 4) is 5.75 Å². The molecule has 1 unspecified atom stereocenters. The van der Waals surface area contributed by atoms with Gasteiger partial charge in [-0.25, -0.2) is 8.42 Å². The van der Waals surface area contributed by atoms with Crippen LogP contribution < -0.4 is 10.1 Å². The van der Waals surface area contributed by atoms with E-state index < -0.39 is 10.0 Å². The van der Waals surface area contributed by atoms with Gasteiger partial charge in [-0.2, -0.15) is 4.31 Å². The molecule has 1 aromatic rings. The van der Waals surface area contributed by atoms with Crippen molar-refractivity contribution in [2.24, 2.45) is 0 Å². The Balaban J connectivity index is 2.61. The Kier molecular flexibility index (Phi) is 5.52. The fraction of sp³-hybridized carbons (Fsp3) is 0.462. The van der Waals surface area contributed by atoms with Gasteiger partial charge in [-0.3, -0.25) is 4.79 Å². The van der Waals surface area contributed by atoms with Gasteiger partial charge in [0.1, 0.15) is 5.75 Å². The summed E-state index contributed by atoms with van der Waals surface area (Å²) in [6.45, 7) is 1.64. The number of hydrogen-bond donors (Lipinski definition) is 1. The maximum atomic E-state index is 11.8. The minimum Gasteiger partial charge on any atom is -0.497 e. The van der Waals surface area contributed by atoms with E-state index in [9.17, 15) is 13.2 Å². The number of likely N-dealkylation sites (N-methyl/N-ethyl adjacent to an activating group) is 1. The predicted molar refractivity (Wildman–Crippen MR) is 77.0 cm³/mol. The summed E-state index contributed by atoms with van der Waals surface area (Å²) in [6, 6.07) is 7.11. The average molecular weight is 300 g/mol. The molecule has 1 rings (SSSR count). The van der Waals surface area contributed by atoms with Crippen LogP contribution >= 0.6 is 0 Å². The lowest BCUT2D eigenvalue weighted by molar-refractivity contribution is -0.121. The summed E-state index contributed by atoms with van der Waals surface area (Å²) in [6.07, 6.45) is 1.06. The summed E-state index contributed by atoms with van der Waals surface area (Å²) < 4.78 is 28.5. The number of sulfonamides is 1. The predicted octanol–water partition coefficient (Wildman–Crippen LogP) is 0.764. The first-order valence-electron chi connectivity index (χ1n) is 6.08. The summed E-state index contributed by atoms with van der Waals surface area (Å²) in [5.74, 6) is 0.394. The second-order valence-corrected chi connectivity index (χ2v) is 6.67. The standard InChI is InChI=1S/C13H20N2O4S/c1-10(11-5-7-12(19-3)8-6-11)14-13(16)9-15(2)20(4,17)18/h5-8,10H,9H2,1-4H3,(H,14,16). The van der Waals surface area contributed by atoms with Crippen LogP contribution in [0.15, 0.2) is 24.3 Å². The van der Waals surface area contributed by atoms with E-state index in [1.807, 2.05) is 19.1 Å². The first-order valence-corrected chi connectivity index (χ1v) is 7.93. The number of amides is 1. The minimum absolute atomic E-state index is 0.195. The number of carbonyl (C=O) groups excluding carboxylic acids is 1. The summed E-state index contributed by atoms with van der Waals surface area (Å²) in [5.41, 5.74) is 0.918. The van der Waals surface area contributed by atoms with Crippen LogP contribution in [0.25, 0.3) is 0 Å². The molecule has 0 spiro atoms. The van der Waals surface area contributed by atoms with E-state index in [2.05, 4.69) is 5.32 Å².